The van der Waals surface area contributed by atoms with Crippen molar-refractivity contribution < 1.29 is 19.3 Å². The van der Waals surface area contributed by atoms with Crippen LogP contribution < -0.4 is 20.0 Å². The van der Waals surface area contributed by atoms with Crippen LogP contribution in [0.4, 0.5) is 22.7 Å². The van der Waals surface area contributed by atoms with Crippen LogP contribution in [0.3, 0.4) is 0 Å². The van der Waals surface area contributed by atoms with Crippen molar-refractivity contribution in [2.45, 2.75) is 22.7 Å². The minimum atomic E-state index is -0.882. The van der Waals surface area contributed by atoms with E-state index in [1.807, 2.05) is 79.7 Å². The van der Waals surface area contributed by atoms with Gasteiger partial charge in [-0.05, 0) is 52.7 Å². The smallest absolute Gasteiger partial charge is 0.308 e. The summed E-state index contributed by atoms with van der Waals surface area (Å²) in [5.41, 5.74) is 2.36. The number of imide groups is 1. The van der Waals surface area contributed by atoms with Gasteiger partial charge >= 0.3 is 4.87 Å². The Morgan fingerprint density at radius 3 is 2.30 bits per heavy atom. The van der Waals surface area contributed by atoms with Gasteiger partial charge in [-0.1, -0.05) is 65.6 Å². The van der Waals surface area contributed by atoms with Gasteiger partial charge in [0.15, 0.2) is 0 Å². The SMILES string of the molecule is CN(C)c1ccc([C@@H]2c3sc(=O)n(CC(=O)Nc4ccc5ccccc5c4)c3S[C@H]3C(=O)N(c4ccc([N+](=O)[O-])cc4)C(=O)[C@@H]23)cc1. The highest BCUT2D eigenvalue weighted by atomic mass is 32.2. The van der Waals surface area contributed by atoms with Crippen molar-refractivity contribution in [1.29, 1.82) is 0 Å². The molecule has 0 aliphatic carbocycles. The molecule has 0 saturated carbocycles. The molecular formula is C34H27N5O6S2. The van der Waals surface area contributed by atoms with Crippen molar-refractivity contribution in [2.24, 2.45) is 5.92 Å². The number of aromatic nitrogens is 1. The monoisotopic (exact) mass is 665 g/mol. The number of hydrogen-bond donors (Lipinski definition) is 1. The fraction of sp³-hybridized carbons (Fsp3) is 0.176. The number of rotatable bonds is 7. The number of non-ortho nitro benzene ring substituents is 1. The van der Waals surface area contributed by atoms with Gasteiger partial charge in [0.2, 0.25) is 17.7 Å². The fourth-order valence-corrected chi connectivity index (χ4v) is 8.96. The van der Waals surface area contributed by atoms with Crippen LogP contribution >= 0.6 is 23.1 Å². The minimum Gasteiger partial charge on any atom is -0.378 e. The van der Waals surface area contributed by atoms with Crippen molar-refractivity contribution in [2.75, 3.05) is 29.2 Å². The molecule has 7 rings (SSSR count). The fourth-order valence-electron chi connectivity index (χ4n) is 6.18. The molecule has 0 radical (unpaired) electrons. The van der Waals surface area contributed by atoms with Gasteiger partial charge in [-0.15, -0.1) is 0 Å². The summed E-state index contributed by atoms with van der Waals surface area (Å²) in [5, 5.41) is 15.7. The topological polar surface area (TPSA) is 135 Å². The quantitative estimate of drug-likeness (QED) is 0.137. The maximum absolute atomic E-state index is 14.1. The Kier molecular flexibility index (Phi) is 7.65. The normalized spacial score (nSPS) is 18.6. The Morgan fingerprint density at radius 2 is 1.62 bits per heavy atom. The molecule has 13 heteroatoms. The summed E-state index contributed by atoms with van der Waals surface area (Å²) in [6.07, 6.45) is 0. The predicted molar refractivity (Wildman–Crippen MR) is 182 cm³/mol. The summed E-state index contributed by atoms with van der Waals surface area (Å²) < 4.78 is 1.38. The third-order valence-electron chi connectivity index (χ3n) is 8.47. The first-order valence-electron chi connectivity index (χ1n) is 14.7. The molecule has 0 unspecified atom stereocenters. The van der Waals surface area contributed by atoms with E-state index < -0.39 is 39.7 Å². The van der Waals surface area contributed by atoms with E-state index in [1.165, 1.54) is 28.8 Å². The molecule has 3 amide bonds. The minimum absolute atomic E-state index is 0.161. The van der Waals surface area contributed by atoms with Crippen molar-refractivity contribution in [3.8, 4) is 0 Å². The molecule has 236 valence electrons. The third kappa shape index (κ3) is 5.36. The summed E-state index contributed by atoms with van der Waals surface area (Å²) in [7, 11) is 3.83. The second-order valence-corrected chi connectivity index (χ2v) is 13.7. The number of nitro groups is 1. The summed E-state index contributed by atoms with van der Waals surface area (Å²) in [6.45, 7) is -0.275. The van der Waals surface area contributed by atoms with Gasteiger partial charge in [-0.25, -0.2) is 4.90 Å². The van der Waals surface area contributed by atoms with Crippen molar-refractivity contribution in [1.82, 2.24) is 4.57 Å². The molecule has 4 aromatic carbocycles. The van der Waals surface area contributed by atoms with Gasteiger partial charge in [-0.3, -0.25) is 33.9 Å². The van der Waals surface area contributed by atoms with E-state index in [2.05, 4.69) is 5.32 Å². The highest BCUT2D eigenvalue weighted by molar-refractivity contribution is 8.00. The van der Waals surface area contributed by atoms with E-state index in [9.17, 15) is 29.3 Å². The van der Waals surface area contributed by atoms with E-state index in [4.69, 9.17) is 0 Å². The van der Waals surface area contributed by atoms with E-state index in [0.717, 1.165) is 50.0 Å². The van der Waals surface area contributed by atoms with Crippen LogP contribution in [0, 0.1) is 16.0 Å². The average molecular weight is 666 g/mol. The maximum atomic E-state index is 14.1. The molecule has 2 aliphatic rings. The molecular weight excluding hydrogens is 639 g/mol. The molecule has 5 aromatic rings. The number of benzene rings is 4. The number of thioether (sulfide) groups is 1. The first kappa shape index (κ1) is 30.4. The summed E-state index contributed by atoms with van der Waals surface area (Å²) in [6, 6.07) is 26.2. The lowest BCUT2D eigenvalue weighted by Gasteiger charge is -2.31. The number of nitrogens with zero attached hydrogens (tertiary/aromatic N) is 4. The van der Waals surface area contributed by atoms with Crippen LogP contribution in [-0.2, 0) is 20.9 Å². The Hall–Kier alpha value is -5.27. The lowest BCUT2D eigenvalue weighted by Crippen LogP contribution is -2.33. The standard InChI is InChI=1S/C34H27N5O6S2/c1-36(2)23-11-8-20(9-12-23)27-28-29(32(42)38(31(28)41)24-13-15-25(16-14-24)39(44)45)46-33-30(27)47-34(43)37(33)18-26(40)35-22-10-7-19-5-3-4-6-21(19)17-22/h3-17,27-29H,18H2,1-2H3,(H,35,40)/t27-,28-,29+/m0/s1. The summed E-state index contributed by atoms with van der Waals surface area (Å²) in [5.74, 6) is -2.80. The molecule has 1 aromatic heterocycles. The van der Waals surface area contributed by atoms with Crippen LogP contribution in [0.1, 0.15) is 16.4 Å². The number of hydrogen-bond acceptors (Lipinski definition) is 9. The van der Waals surface area contributed by atoms with Gasteiger partial charge in [0.05, 0.1) is 21.6 Å². The van der Waals surface area contributed by atoms with Crippen molar-refractivity contribution >= 4 is 74.3 Å². The number of fused-ring (bicyclic) bond motifs is 3. The maximum Gasteiger partial charge on any atom is 0.308 e. The number of carbonyl (C=O) groups excluding carboxylic acids is 3. The highest BCUT2D eigenvalue weighted by Crippen LogP contribution is 2.54. The Bertz CT molecular complexity index is 2140. The average Bonchev–Trinajstić information content (AvgIpc) is 3.50. The summed E-state index contributed by atoms with van der Waals surface area (Å²) in [4.78, 5) is 68.8. The second-order valence-electron chi connectivity index (χ2n) is 11.5. The van der Waals surface area contributed by atoms with Gasteiger partial charge in [-0.2, -0.15) is 0 Å². The Morgan fingerprint density at radius 1 is 0.915 bits per heavy atom. The molecule has 2 aliphatic heterocycles. The van der Waals surface area contributed by atoms with Gasteiger partial charge in [0.1, 0.15) is 11.8 Å². The molecule has 1 fully saturated rings. The number of carbonyl (C=O) groups is 3. The molecule has 0 spiro atoms. The zero-order valence-corrected chi connectivity index (χ0v) is 26.8. The zero-order chi connectivity index (χ0) is 33.0. The number of amides is 3. The zero-order valence-electron chi connectivity index (χ0n) is 25.2. The number of thiazole rings is 1. The summed E-state index contributed by atoms with van der Waals surface area (Å²) >= 11 is 2.09. The van der Waals surface area contributed by atoms with Gasteiger partial charge < -0.3 is 10.2 Å². The first-order valence-corrected chi connectivity index (χ1v) is 16.4. The molecule has 1 N–H and O–H groups in total. The van der Waals surface area contributed by atoms with E-state index >= 15 is 0 Å². The molecule has 11 nitrogen and oxygen atoms in total. The second kappa shape index (κ2) is 11.8. The Balaban J connectivity index is 1.26. The van der Waals surface area contributed by atoms with Crippen LogP contribution in [0.5, 0.6) is 0 Å². The van der Waals surface area contributed by atoms with Gasteiger partial charge in [0.25, 0.3) is 5.69 Å². The molecule has 3 atom stereocenters. The highest BCUT2D eigenvalue weighted by Gasteiger charge is 2.56. The lowest BCUT2D eigenvalue weighted by atomic mass is 9.83. The van der Waals surface area contributed by atoms with Crippen molar-refractivity contribution in [3.05, 3.63) is 121 Å². The van der Waals surface area contributed by atoms with Gasteiger partial charge in [0, 0.05) is 48.4 Å². The molecule has 0 bridgehead atoms. The molecule has 47 heavy (non-hydrogen) atoms. The predicted octanol–water partition coefficient (Wildman–Crippen LogP) is 5.47. The first-order chi connectivity index (χ1) is 22.6. The lowest BCUT2D eigenvalue weighted by molar-refractivity contribution is -0.384. The van der Waals surface area contributed by atoms with E-state index in [1.54, 1.807) is 6.07 Å². The van der Waals surface area contributed by atoms with Crippen LogP contribution in [-0.4, -0.2) is 46.6 Å². The number of nitrogens with one attached hydrogen (secondary N) is 1. The van der Waals surface area contributed by atoms with Crippen LogP contribution in [0.2, 0.25) is 0 Å². The van der Waals surface area contributed by atoms with Crippen LogP contribution in [0.15, 0.2) is 101 Å². The van der Waals surface area contributed by atoms with E-state index in [-0.39, 0.29) is 22.8 Å². The van der Waals surface area contributed by atoms with E-state index in [0.29, 0.717) is 15.6 Å². The largest absolute Gasteiger partial charge is 0.378 e. The van der Waals surface area contributed by atoms with Crippen molar-refractivity contribution in [3.63, 3.8) is 0 Å². The van der Waals surface area contributed by atoms with Crippen LogP contribution in [0.25, 0.3) is 10.8 Å². The Labute approximate surface area is 276 Å². The number of anilines is 3. The number of nitro benzene ring substituents is 1. The molecule has 3 heterocycles. The third-order valence-corrected chi connectivity index (χ3v) is 11.1. The molecule has 1 saturated heterocycles.